The van der Waals surface area contributed by atoms with E-state index in [1.807, 2.05) is 26.2 Å². The van der Waals surface area contributed by atoms with E-state index < -0.39 is 0 Å². The third kappa shape index (κ3) is 6.10. The van der Waals surface area contributed by atoms with Crippen molar-refractivity contribution in [2.45, 2.75) is 20.8 Å². The Balaban J connectivity index is 0. The molecule has 0 atom stereocenters. The van der Waals surface area contributed by atoms with Gasteiger partial charge in [0.05, 0.1) is 0 Å². The van der Waals surface area contributed by atoms with Crippen LogP contribution >= 0.6 is 11.3 Å². The molecule has 0 spiro atoms. The maximum atomic E-state index is 3.81. The minimum Gasteiger partial charge on any atom is -0.391 e. The van der Waals surface area contributed by atoms with E-state index in [-0.39, 0.29) is 18.6 Å². The van der Waals surface area contributed by atoms with Crippen molar-refractivity contribution in [2.75, 3.05) is 0 Å². The maximum absolute atomic E-state index is 3.81. The number of thiazole rings is 1. The van der Waals surface area contributed by atoms with Crippen LogP contribution < -0.4 is 0 Å². The Hall–Kier alpha value is 0.214. The van der Waals surface area contributed by atoms with E-state index in [2.05, 4.69) is 10.5 Å². The number of aromatic nitrogens is 1. The van der Waals surface area contributed by atoms with Crippen LogP contribution in [0.15, 0.2) is 5.38 Å². The van der Waals surface area contributed by atoms with Crippen molar-refractivity contribution in [3.8, 4) is 0 Å². The van der Waals surface area contributed by atoms with Crippen LogP contribution in [-0.2, 0) is 18.6 Å². The molecule has 0 aliphatic heterocycles. The monoisotopic (exact) mass is 179 g/mol. The Morgan fingerprint density at radius 1 is 1.56 bits per heavy atom. The number of hydrogen-bond acceptors (Lipinski definition) is 2. The normalized spacial score (nSPS) is 6.56. The second-order valence-electron chi connectivity index (χ2n) is 1.08. The molecule has 0 aromatic carbocycles. The third-order valence-electron chi connectivity index (χ3n) is 0.504. The standard InChI is InChI=1S/C4H4NS.C2H6.V/c1-4-2-6-3-5-4;1-2;/h2H,1H3;1-2H3;/q-1;;. The summed E-state index contributed by atoms with van der Waals surface area (Å²) in [7, 11) is 0. The number of rotatable bonds is 0. The van der Waals surface area contributed by atoms with Gasteiger partial charge in [-0.3, -0.25) is 11.3 Å². The van der Waals surface area contributed by atoms with Crippen LogP contribution in [0.25, 0.3) is 0 Å². The molecule has 1 aromatic heterocycles. The van der Waals surface area contributed by atoms with Gasteiger partial charge in [-0.2, -0.15) is 0 Å². The smallest absolute Gasteiger partial charge is 0 e. The summed E-state index contributed by atoms with van der Waals surface area (Å²) in [5.41, 5.74) is 3.78. The van der Waals surface area contributed by atoms with Crippen molar-refractivity contribution < 1.29 is 18.6 Å². The van der Waals surface area contributed by atoms with Gasteiger partial charge in [0.15, 0.2) is 0 Å². The summed E-state index contributed by atoms with van der Waals surface area (Å²) in [6, 6.07) is 0. The first-order valence-corrected chi connectivity index (χ1v) is 3.56. The first-order chi connectivity index (χ1) is 3.89. The molecule has 0 amide bonds. The molecule has 0 saturated carbocycles. The fraction of sp³-hybridized carbons (Fsp3) is 0.500. The van der Waals surface area contributed by atoms with Crippen molar-refractivity contribution in [1.29, 1.82) is 0 Å². The zero-order valence-electron chi connectivity index (χ0n) is 5.88. The molecule has 9 heavy (non-hydrogen) atoms. The molecular weight excluding hydrogens is 169 g/mol. The molecule has 0 unspecified atom stereocenters. The molecular formula is C6H10NSV-. The Labute approximate surface area is 72.4 Å². The minimum absolute atomic E-state index is 0. The predicted molar refractivity (Wildman–Crippen MR) is 37.0 cm³/mol. The minimum atomic E-state index is 0. The number of aryl methyl sites for hydroxylation is 1. The fourth-order valence-corrected chi connectivity index (χ4v) is 0.709. The molecule has 0 N–H and O–H groups in total. The molecule has 3 heteroatoms. The van der Waals surface area contributed by atoms with Crippen molar-refractivity contribution >= 4 is 11.3 Å². The molecule has 1 nitrogen and oxygen atoms in total. The molecule has 1 radical (unpaired) electrons. The van der Waals surface area contributed by atoms with Gasteiger partial charge in [-0.1, -0.05) is 20.8 Å². The summed E-state index contributed by atoms with van der Waals surface area (Å²) in [6.07, 6.45) is 0. The molecule has 1 heterocycles. The van der Waals surface area contributed by atoms with Crippen LogP contribution in [0.4, 0.5) is 0 Å². The topological polar surface area (TPSA) is 12.9 Å². The van der Waals surface area contributed by atoms with Crippen LogP contribution in [0, 0.1) is 12.4 Å². The van der Waals surface area contributed by atoms with Crippen LogP contribution in [0.1, 0.15) is 19.5 Å². The quantitative estimate of drug-likeness (QED) is 0.557. The van der Waals surface area contributed by atoms with Gasteiger partial charge in [0.2, 0.25) is 0 Å². The first-order valence-electron chi connectivity index (χ1n) is 2.68. The molecule has 0 aliphatic carbocycles. The van der Waals surface area contributed by atoms with Gasteiger partial charge >= 0.3 is 0 Å². The van der Waals surface area contributed by atoms with E-state index >= 15 is 0 Å². The Morgan fingerprint density at radius 3 is 2.22 bits per heavy atom. The summed E-state index contributed by atoms with van der Waals surface area (Å²) >= 11 is 1.50. The maximum Gasteiger partial charge on any atom is 0 e. The molecule has 0 saturated heterocycles. The van der Waals surface area contributed by atoms with E-state index in [0.717, 1.165) is 5.69 Å². The van der Waals surface area contributed by atoms with E-state index in [1.54, 1.807) is 0 Å². The number of nitrogens with zero attached hydrogens (tertiary/aromatic N) is 1. The Kier molecular flexibility index (Phi) is 10.9. The van der Waals surface area contributed by atoms with Gasteiger partial charge in [-0.15, -0.1) is 11.1 Å². The predicted octanol–water partition coefficient (Wildman–Crippen LogP) is 2.28. The first kappa shape index (κ1) is 11.9. The van der Waals surface area contributed by atoms with Crippen LogP contribution in [0.5, 0.6) is 0 Å². The van der Waals surface area contributed by atoms with Gasteiger partial charge in [0.25, 0.3) is 0 Å². The molecule has 0 fully saturated rings. The molecule has 0 bridgehead atoms. The zero-order valence-corrected chi connectivity index (χ0v) is 8.09. The van der Waals surface area contributed by atoms with Crippen molar-refractivity contribution in [1.82, 2.24) is 4.98 Å². The SMILES string of the molecule is CC.Cc1cs[c-]n1.[V]. The molecule has 1 aromatic rings. The van der Waals surface area contributed by atoms with Gasteiger partial charge in [-0.25, -0.2) is 0 Å². The van der Waals surface area contributed by atoms with Gasteiger partial charge < -0.3 is 4.98 Å². The average molecular weight is 179 g/mol. The number of hydrogen-bond donors (Lipinski definition) is 0. The van der Waals surface area contributed by atoms with E-state index in [0.29, 0.717) is 0 Å². The van der Waals surface area contributed by atoms with E-state index in [1.165, 1.54) is 11.3 Å². The summed E-state index contributed by atoms with van der Waals surface area (Å²) in [5, 5.41) is 1.96. The molecule has 0 aliphatic rings. The third-order valence-corrected chi connectivity index (χ3v) is 1.16. The molecule has 51 valence electrons. The summed E-state index contributed by atoms with van der Waals surface area (Å²) in [4.78, 5) is 3.81. The largest absolute Gasteiger partial charge is 0.391 e. The second-order valence-corrected chi connectivity index (χ2v) is 1.73. The van der Waals surface area contributed by atoms with Crippen molar-refractivity contribution in [2.24, 2.45) is 0 Å². The zero-order chi connectivity index (χ0) is 6.41. The van der Waals surface area contributed by atoms with E-state index in [9.17, 15) is 0 Å². The summed E-state index contributed by atoms with van der Waals surface area (Å²) in [6.45, 7) is 5.95. The summed E-state index contributed by atoms with van der Waals surface area (Å²) < 4.78 is 0. The Morgan fingerprint density at radius 2 is 2.11 bits per heavy atom. The van der Waals surface area contributed by atoms with Crippen molar-refractivity contribution in [3.63, 3.8) is 0 Å². The second kappa shape index (κ2) is 8.21. The van der Waals surface area contributed by atoms with E-state index in [4.69, 9.17) is 0 Å². The van der Waals surface area contributed by atoms with Crippen LogP contribution in [0.3, 0.4) is 0 Å². The average Bonchev–Trinajstić information content (AvgIpc) is 2.24. The van der Waals surface area contributed by atoms with Gasteiger partial charge in [0, 0.05) is 18.6 Å². The summed E-state index contributed by atoms with van der Waals surface area (Å²) in [5.74, 6) is 0. The van der Waals surface area contributed by atoms with Gasteiger partial charge in [-0.05, 0) is 5.51 Å². The van der Waals surface area contributed by atoms with Gasteiger partial charge in [0.1, 0.15) is 0 Å². The van der Waals surface area contributed by atoms with Crippen LogP contribution in [0.2, 0.25) is 0 Å². The fourth-order valence-electron chi connectivity index (χ4n) is 0.236. The van der Waals surface area contributed by atoms with Crippen LogP contribution in [-0.4, -0.2) is 4.98 Å². The van der Waals surface area contributed by atoms with Crippen molar-refractivity contribution in [3.05, 3.63) is 16.6 Å². The molecule has 1 rings (SSSR count). The Bertz CT molecular complexity index is 117.